The minimum absolute atomic E-state index is 0.516. The third kappa shape index (κ3) is 4.69. The van der Waals surface area contributed by atoms with Crippen LogP contribution in [0.1, 0.15) is 20.8 Å². The average Bonchev–Trinajstić information content (AvgIpc) is 2.60. The molecular weight excluding hydrogens is 316 g/mol. The Hall–Kier alpha value is -1.62. The van der Waals surface area contributed by atoms with Crippen LogP contribution in [-0.4, -0.2) is 48.5 Å². The highest BCUT2D eigenvalue weighted by atomic mass is 32.2. The first-order chi connectivity index (χ1) is 11.6. The van der Waals surface area contributed by atoms with E-state index in [4.69, 9.17) is 5.73 Å². The Bertz CT molecular complexity index is 576. The number of nitrogens with zero attached hydrogens (tertiary/aromatic N) is 3. The van der Waals surface area contributed by atoms with E-state index < -0.39 is 0 Å². The van der Waals surface area contributed by atoms with Crippen molar-refractivity contribution in [2.45, 2.75) is 26.0 Å². The molecule has 0 bridgehead atoms. The summed E-state index contributed by atoms with van der Waals surface area (Å²) in [6.07, 6.45) is 4.40. The van der Waals surface area contributed by atoms with Gasteiger partial charge in [0.15, 0.2) is 5.17 Å². The van der Waals surface area contributed by atoms with E-state index in [1.807, 2.05) is 30.9 Å². The molecular formula is C19H30N4S. The molecule has 1 heterocycles. The molecule has 0 radical (unpaired) electrons. The van der Waals surface area contributed by atoms with E-state index in [-0.39, 0.29) is 0 Å². The van der Waals surface area contributed by atoms with Crippen molar-refractivity contribution in [3.63, 3.8) is 0 Å². The minimum atomic E-state index is 0.516. The molecule has 1 aliphatic heterocycles. The SMILES string of the molecule is C/C=C\[C@@H](C)C(C)SC(=NC)N1CCN(c2ccccc2N)CC1. The summed E-state index contributed by atoms with van der Waals surface area (Å²) in [5.41, 5.74) is 8.12. The van der Waals surface area contributed by atoms with Gasteiger partial charge in [0.25, 0.3) is 0 Å². The summed E-state index contributed by atoms with van der Waals surface area (Å²) in [6.45, 7) is 10.6. The van der Waals surface area contributed by atoms with Crippen molar-refractivity contribution in [2.24, 2.45) is 10.9 Å². The highest BCUT2D eigenvalue weighted by molar-refractivity contribution is 8.14. The van der Waals surface area contributed by atoms with Gasteiger partial charge in [-0.25, -0.2) is 0 Å². The van der Waals surface area contributed by atoms with E-state index >= 15 is 0 Å². The smallest absolute Gasteiger partial charge is 0.159 e. The number of benzene rings is 1. The molecule has 0 spiro atoms. The summed E-state index contributed by atoms with van der Waals surface area (Å²) in [6, 6.07) is 8.12. The molecule has 1 saturated heterocycles. The Balaban J connectivity index is 1.94. The number of rotatable bonds is 4. The molecule has 24 heavy (non-hydrogen) atoms. The third-order valence-electron chi connectivity index (χ3n) is 4.55. The van der Waals surface area contributed by atoms with E-state index in [2.05, 4.69) is 59.8 Å². The Morgan fingerprint density at radius 3 is 2.46 bits per heavy atom. The van der Waals surface area contributed by atoms with Gasteiger partial charge in [0.1, 0.15) is 0 Å². The first-order valence-electron chi connectivity index (χ1n) is 8.67. The van der Waals surface area contributed by atoms with Gasteiger partial charge in [0.2, 0.25) is 0 Å². The molecule has 2 N–H and O–H groups in total. The lowest BCUT2D eigenvalue weighted by Gasteiger charge is -2.38. The van der Waals surface area contributed by atoms with Crippen LogP contribution < -0.4 is 10.6 Å². The second-order valence-corrected chi connectivity index (χ2v) is 7.59. The van der Waals surface area contributed by atoms with Gasteiger partial charge < -0.3 is 15.5 Å². The number of piperazine rings is 1. The van der Waals surface area contributed by atoms with Gasteiger partial charge in [-0.1, -0.05) is 49.9 Å². The molecule has 0 aliphatic carbocycles. The molecule has 0 aromatic heterocycles. The van der Waals surface area contributed by atoms with Crippen LogP contribution in [0.5, 0.6) is 0 Å². The van der Waals surface area contributed by atoms with Gasteiger partial charge in [-0.3, -0.25) is 4.99 Å². The number of hydrogen-bond donors (Lipinski definition) is 1. The fourth-order valence-electron chi connectivity index (χ4n) is 2.92. The van der Waals surface area contributed by atoms with Crippen LogP contribution in [0, 0.1) is 5.92 Å². The van der Waals surface area contributed by atoms with Crippen molar-refractivity contribution < 1.29 is 0 Å². The molecule has 0 saturated carbocycles. The molecule has 132 valence electrons. The molecule has 1 aromatic carbocycles. The predicted molar refractivity (Wildman–Crippen MR) is 109 cm³/mol. The summed E-state index contributed by atoms with van der Waals surface area (Å²) >= 11 is 1.88. The highest BCUT2D eigenvalue weighted by Crippen LogP contribution is 2.27. The Morgan fingerprint density at radius 1 is 1.21 bits per heavy atom. The first-order valence-corrected chi connectivity index (χ1v) is 9.55. The lowest BCUT2D eigenvalue weighted by molar-refractivity contribution is 0.392. The lowest BCUT2D eigenvalue weighted by Crippen LogP contribution is -2.48. The largest absolute Gasteiger partial charge is 0.397 e. The van der Waals surface area contributed by atoms with Crippen LogP contribution >= 0.6 is 11.8 Å². The summed E-state index contributed by atoms with van der Waals surface area (Å²) in [7, 11) is 1.90. The number of allylic oxidation sites excluding steroid dienone is 2. The van der Waals surface area contributed by atoms with Crippen LogP contribution in [0.4, 0.5) is 11.4 Å². The minimum Gasteiger partial charge on any atom is -0.397 e. The van der Waals surface area contributed by atoms with E-state index in [1.54, 1.807) is 0 Å². The van der Waals surface area contributed by atoms with Gasteiger partial charge in [-0.15, -0.1) is 0 Å². The summed E-state index contributed by atoms with van der Waals surface area (Å²) in [5.74, 6) is 0.544. The fourth-order valence-corrected chi connectivity index (χ4v) is 3.99. The number of aliphatic imine (C=N–C) groups is 1. The normalized spacial score (nSPS) is 18.9. The molecule has 1 fully saturated rings. The lowest BCUT2D eigenvalue weighted by atomic mass is 10.1. The highest BCUT2D eigenvalue weighted by Gasteiger charge is 2.23. The molecule has 1 aliphatic rings. The molecule has 2 atom stereocenters. The van der Waals surface area contributed by atoms with Crippen LogP contribution in [-0.2, 0) is 0 Å². The van der Waals surface area contributed by atoms with Gasteiger partial charge in [0, 0.05) is 38.5 Å². The number of anilines is 2. The van der Waals surface area contributed by atoms with E-state index in [0.29, 0.717) is 11.2 Å². The standard InChI is InChI=1S/C19H30N4S/c1-5-8-15(2)16(3)24-19(21-4)23-13-11-22(12-14-23)18-10-7-6-9-17(18)20/h5-10,15-16H,11-14,20H2,1-4H3/b8-5-,21-19?/t15-,16?/m1/s1. The van der Waals surface area contributed by atoms with Crippen LogP contribution in [0.3, 0.4) is 0 Å². The van der Waals surface area contributed by atoms with Crippen molar-refractivity contribution in [3.8, 4) is 0 Å². The molecule has 4 nitrogen and oxygen atoms in total. The zero-order valence-corrected chi connectivity index (χ0v) is 16.1. The summed E-state index contributed by atoms with van der Waals surface area (Å²) < 4.78 is 0. The monoisotopic (exact) mass is 346 g/mol. The summed E-state index contributed by atoms with van der Waals surface area (Å²) in [5, 5.41) is 1.67. The molecule has 0 amide bonds. The van der Waals surface area contributed by atoms with E-state index in [9.17, 15) is 0 Å². The van der Waals surface area contributed by atoms with Gasteiger partial charge in [-0.2, -0.15) is 0 Å². The van der Waals surface area contributed by atoms with E-state index in [0.717, 1.165) is 42.7 Å². The van der Waals surface area contributed by atoms with Gasteiger partial charge in [-0.05, 0) is 25.0 Å². The summed E-state index contributed by atoms with van der Waals surface area (Å²) in [4.78, 5) is 9.32. The quantitative estimate of drug-likeness (QED) is 0.391. The second-order valence-electron chi connectivity index (χ2n) is 6.25. The Morgan fingerprint density at radius 2 is 1.88 bits per heavy atom. The van der Waals surface area contributed by atoms with Crippen molar-refractivity contribution in [3.05, 3.63) is 36.4 Å². The van der Waals surface area contributed by atoms with Crippen molar-refractivity contribution in [1.29, 1.82) is 0 Å². The van der Waals surface area contributed by atoms with Crippen molar-refractivity contribution in [1.82, 2.24) is 4.90 Å². The van der Waals surface area contributed by atoms with Crippen molar-refractivity contribution in [2.75, 3.05) is 43.9 Å². The second kappa shape index (κ2) is 9.02. The predicted octanol–water partition coefficient (Wildman–Crippen LogP) is 3.71. The maximum Gasteiger partial charge on any atom is 0.159 e. The van der Waals surface area contributed by atoms with Gasteiger partial charge in [0.05, 0.1) is 11.4 Å². The van der Waals surface area contributed by atoms with Gasteiger partial charge >= 0.3 is 0 Å². The topological polar surface area (TPSA) is 44.9 Å². The molecule has 1 unspecified atom stereocenters. The maximum absolute atomic E-state index is 6.11. The zero-order chi connectivity index (χ0) is 17.5. The third-order valence-corrected chi connectivity index (χ3v) is 6.00. The Kier molecular flexibility index (Phi) is 7.03. The van der Waals surface area contributed by atoms with Crippen LogP contribution in [0.25, 0.3) is 0 Å². The van der Waals surface area contributed by atoms with E-state index in [1.165, 1.54) is 0 Å². The fraction of sp³-hybridized carbons (Fsp3) is 0.526. The number of amidine groups is 1. The number of nitrogen functional groups attached to an aromatic ring is 1. The average molecular weight is 347 g/mol. The molecule has 2 rings (SSSR count). The maximum atomic E-state index is 6.11. The van der Waals surface area contributed by atoms with Crippen LogP contribution in [0.2, 0.25) is 0 Å². The van der Waals surface area contributed by atoms with Crippen LogP contribution in [0.15, 0.2) is 41.4 Å². The number of para-hydroxylation sites is 2. The zero-order valence-electron chi connectivity index (χ0n) is 15.3. The number of hydrogen-bond acceptors (Lipinski definition) is 4. The van der Waals surface area contributed by atoms with Crippen molar-refractivity contribution >= 4 is 28.3 Å². The molecule has 5 heteroatoms. The molecule has 1 aromatic rings. The Labute approximate surface area is 150 Å². The number of thioether (sulfide) groups is 1. The number of nitrogens with two attached hydrogens (primary N) is 1. The first kappa shape index (κ1) is 18.7.